The molecule has 0 unspecified atom stereocenters. The van der Waals surface area contributed by atoms with Crippen molar-refractivity contribution < 1.29 is 9.90 Å². The van der Waals surface area contributed by atoms with Gasteiger partial charge in [0.1, 0.15) is 5.65 Å². The van der Waals surface area contributed by atoms with E-state index in [2.05, 4.69) is 15.2 Å². The maximum atomic E-state index is 11.4. The predicted octanol–water partition coefficient (Wildman–Crippen LogP) is 4.37. The number of imidazole rings is 1. The summed E-state index contributed by atoms with van der Waals surface area (Å²) in [5, 5.41) is 17.7. The number of carboxylic acids is 1. The van der Waals surface area contributed by atoms with Crippen LogP contribution in [0.15, 0.2) is 46.8 Å². The predicted molar refractivity (Wildman–Crippen MR) is 87.0 cm³/mol. The number of hydrogen-bond acceptors (Lipinski definition) is 4. The van der Waals surface area contributed by atoms with E-state index >= 15 is 0 Å². The number of nitrogens with zero attached hydrogens (tertiary/aromatic N) is 4. The standard InChI is InChI=1S/C17H16N4O2/c1-10-4-5-12(3)13(8-10)19-20-16-15(17(22)23)18-14-9-11(2)6-7-21(14)16/h4-9H,1-3H3,(H,22,23). The summed E-state index contributed by atoms with van der Waals surface area (Å²) in [5.41, 5.74) is 4.18. The van der Waals surface area contributed by atoms with Gasteiger partial charge in [0.25, 0.3) is 0 Å². The third-order valence-corrected chi connectivity index (χ3v) is 3.58. The monoisotopic (exact) mass is 308 g/mol. The molecule has 3 aromatic rings. The van der Waals surface area contributed by atoms with Gasteiger partial charge in [-0.3, -0.25) is 4.40 Å². The van der Waals surface area contributed by atoms with Gasteiger partial charge in [0.15, 0.2) is 11.5 Å². The van der Waals surface area contributed by atoms with E-state index in [0.29, 0.717) is 11.3 Å². The largest absolute Gasteiger partial charge is 0.476 e. The molecule has 23 heavy (non-hydrogen) atoms. The molecular formula is C17H16N4O2. The topological polar surface area (TPSA) is 79.3 Å². The average molecular weight is 308 g/mol. The van der Waals surface area contributed by atoms with Gasteiger partial charge in [0.2, 0.25) is 0 Å². The van der Waals surface area contributed by atoms with E-state index in [-0.39, 0.29) is 11.5 Å². The lowest BCUT2D eigenvalue weighted by Crippen LogP contribution is -1.96. The first-order valence-corrected chi connectivity index (χ1v) is 7.16. The van der Waals surface area contributed by atoms with Gasteiger partial charge in [-0.2, -0.15) is 0 Å². The van der Waals surface area contributed by atoms with E-state index < -0.39 is 5.97 Å². The van der Waals surface area contributed by atoms with E-state index in [1.54, 1.807) is 10.6 Å². The highest BCUT2D eigenvalue weighted by atomic mass is 16.4. The van der Waals surface area contributed by atoms with Crippen LogP contribution in [-0.2, 0) is 0 Å². The van der Waals surface area contributed by atoms with Crippen LogP contribution in [-0.4, -0.2) is 20.5 Å². The Morgan fingerprint density at radius 2 is 1.83 bits per heavy atom. The fourth-order valence-electron chi connectivity index (χ4n) is 2.30. The molecule has 0 bridgehead atoms. The molecule has 0 amide bonds. The van der Waals surface area contributed by atoms with Crippen molar-refractivity contribution in [2.75, 3.05) is 0 Å². The summed E-state index contributed by atoms with van der Waals surface area (Å²) >= 11 is 0. The number of carbonyl (C=O) groups is 1. The molecule has 0 spiro atoms. The van der Waals surface area contributed by atoms with Crippen molar-refractivity contribution in [2.45, 2.75) is 20.8 Å². The highest BCUT2D eigenvalue weighted by molar-refractivity contribution is 5.91. The second-order valence-corrected chi connectivity index (χ2v) is 5.51. The molecule has 1 N–H and O–H groups in total. The molecule has 0 saturated carbocycles. The average Bonchev–Trinajstić information content (AvgIpc) is 2.86. The van der Waals surface area contributed by atoms with Gasteiger partial charge in [-0.05, 0) is 55.7 Å². The second kappa shape index (κ2) is 5.64. The van der Waals surface area contributed by atoms with Crippen LogP contribution in [0.4, 0.5) is 11.5 Å². The lowest BCUT2D eigenvalue weighted by atomic mass is 10.1. The van der Waals surface area contributed by atoms with Crippen LogP contribution in [0.1, 0.15) is 27.2 Å². The molecule has 0 fully saturated rings. The smallest absolute Gasteiger partial charge is 0.358 e. The number of aromatic nitrogens is 2. The lowest BCUT2D eigenvalue weighted by Gasteiger charge is -2.01. The minimum Gasteiger partial charge on any atom is -0.476 e. The SMILES string of the molecule is Cc1ccc(C)c(N=Nc2c(C(=O)O)nc3cc(C)ccn23)c1. The number of azo groups is 1. The van der Waals surface area contributed by atoms with E-state index in [4.69, 9.17) is 0 Å². The molecule has 0 radical (unpaired) electrons. The Labute approximate surface area is 133 Å². The Bertz CT molecular complexity index is 941. The molecule has 6 nitrogen and oxygen atoms in total. The first-order chi connectivity index (χ1) is 11.0. The minimum atomic E-state index is -1.12. The number of fused-ring (bicyclic) bond motifs is 1. The summed E-state index contributed by atoms with van der Waals surface area (Å²) in [4.78, 5) is 15.6. The Kier molecular flexibility index (Phi) is 3.65. The molecule has 0 saturated heterocycles. The third-order valence-electron chi connectivity index (χ3n) is 3.58. The minimum absolute atomic E-state index is 0.107. The van der Waals surface area contributed by atoms with Crippen LogP contribution in [0.25, 0.3) is 5.65 Å². The van der Waals surface area contributed by atoms with E-state index in [9.17, 15) is 9.90 Å². The van der Waals surface area contributed by atoms with Crippen LogP contribution in [0.5, 0.6) is 0 Å². The molecule has 0 aliphatic carbocycles. The molecule has 0 aliphatic heterocycles. The van der Waals surface area contributed by atoms with Gasteiger partial charge in [0, 0.05) is 6.20 Å². The number of pyridine rings is 1. The fraction of sp³-hybridized carbons (Fsp3) is 0.176. The zero-order valence-electron chi connectivity index (χ0n) is 13.1. The highest BCUT2D eigenvalue weighted by Crippen LogP contribution is 2.26. The maximum Gasteiger partial charge on any atom is 0.358 e. The quantitative estimate of drug-likeness (QED) is 0.729. The third kappa shape index (κ3) is 2.83. The Hall–Kier alpha value is -3.02. The van der Waals surface area contributed by atoms with E-state index in [0.717, 1.165) is 16.7 Å². The van der Waals surface area contributed by atoms with Crippen LogP contribution >= 0.6 is 0 Å². The maximum absolute atomic E-state index is 11.4. The zero-order valence-corrected chi connectivity index (χ0v) is 13.1. The molecular weight excluding hydrogens is 292 g/mol. The molecule has 6 heteroatoms. The molecule has 116 valence electrons. The van der Waals surface area contributed by atoms with Crippen LogP contribution in [0.2, 0.25) is 0 Å². The van der Waals surface area contributed by atoms with Crippen molar-refractivity contribution in [1.29, 1.82) is 0 Å². The molecule has 0 aliphatic rings. The van der Waals surface area contributed by atoms with Crippen molar-refractivity contribution in [2.24, 2.45) is 10.2 Å². The van der Waals surface area contributed by atoms with E-state index in [1.807, 2.05) is 51.1 Å². The fourth-order valence-corrected chi connectivity index (χ4v) is 2.30. The number of aryl methyl sites for hydroxylation is 3. The lowest BCUT2D eigenvalue weighted by molar-refractivity contribution is 0.0692. The number of rotatable bonds is 3. The number of hydrogen-bond donors (Lipinski definition) is 1. The van der Waals surface area contributed by atoms with Crippen molar-refractivity contribution in [3.8, 4) is 0 Å². The highest BCUT2D eigenvalue weighted by Gasteiger charge is 2.18. The second-order valence-electron chi connectivity index (χ2n) is 5.51. The normalized spacial score (nSPS) is 11.4. The molecule has 3 rings (SSSR count). The Morgan fingerprint density at radius 1 is 1.09 bits per heavy atom. The summed E-state index contributed by atoms with van der Waals surface area (Å²) in [5.74, 6) is -0.908. The van der Waals surface area contributed by atoms with Gasteiger partial charge >= 0.3 is 5.97 Å². The van der Waals surface area contributed by atoms with Gasteiger partial charge in [0.05, 0.1) is 5.69 Å². The summed E-state index contributed by atoms with van der Waals surface area (Å²) in [6.45, 7) is 5.83. The van der Waals surface area contributed by atoms with Crippen LogP contribution in [0, 0.1) is 20.8 Å². The summed E-state index contributed by atoms with van der Waals surface area (Å²) < 4.78 is 1.63. The zero-order chi connectivity index (χ0) is 16.6. The van der Waals surface area contributed by atoms with Gasteiger partial charge < -0.3 is 5.11 Å². The Morgan fingerprint density at radius 3 is 2.57 bits per heavy atom. The van der Waals surface area contributed by atoms with Gasteiger partial charge in [-0.15, -0.1) is 10.2 Å². The van der Waals surface area contributed by atoms with Gasteiger partial charge in [-0.25, -0.2) is 9.78 Å². The van der Waals surface area contributed by atoms with Crippen LogP contribution < -0.4 is 0 Å². The van der Waals surface area contributed by atoms with Crippen molar-refractivity contribution in [3.05, 3.63) is 58.9 Å². The first kappa shape index (κ1) is 14.9. The Balaban J connectivity index is 2.15. The van der Waals surface area contributed by atoms with E-state index in [1.165, 1.54) is 0 Å². The van der Waals surface area contributed by atoms with Gasteiger partial charge in [-0.1, -0.05) is 12.1 Å². The molecule has 1 aromatic carbocycles. The van der Waals surface area contributed by atoms with Crippen molar-refractivity contribution >= 4 is 23.1 Å². The summed E-state index contributed by atoms with van der Waals surface area (Å²) in [6.07, 6.45) is 1.75. The molecule has 0 atom stereocenters. The number of carboxylic acid groups (broad SMARTS) is 1. The summed E-state index contributed by atoms with van der Waals surface area (Å²) in [7, 11) is 0. The first-order valence-electron chi connectivity index (χ1n) is 7.16. The van der Waals surface area contributed by atoms with Crippen molar-refractivity contribution in [3.63, 3.8) is 0 Å². The summed E-state index contributed by atoms with van der Waals surface area (Å²) in [6, 6.07) is 9.54. The van der Waals surface area contributed by atoms with Crippen molar-refractivity contribution in [1.82, 2.24) is 9.38 Å². The molecule has 2 heterocycles. The molecule has 2 aromatic heterocycles. The number of benzene rings is 1. The van der Waals surface area contributed by atoms with Crippen LogP contribution in [0.3, 0.4) is 0 Å². The number of aromatic carboxylic acids is 1.